The van der Waals surface area contributed by atoms with Gasteiger partial charge < -0.3 is 0 Å². The lowest BCUT2D eigenvalue weighted by Crippen LogP contribution is -1.93. The van der Waals surface area contributed by atoms with E-state index in [-0.39, 0.29) is 0 Å². The Morgan fingerprint density at radius 2 is 1.29 bits per heavy atom. The normalized spacial score (nSPS) is 11.4. The number of nitrogens with zero attached hydrogens (tertiary/aromatic N) is 3. The Morgan fingerprint density at radius 3 is 2.03 bits per heavy atom. The van der Waals surface area contributed by atoms with E-state index < -0.39 is 0 Å². The molecule has 0 radical (unpaired) electrons. The van der Waals surface area contributed by atoms with Gasteiger partial charge in [0.05, 0.1) is 15.9 Å². The van der Waals surface area contributed by atoms with Gasteiger partial charge in [0.25, 0.3) is 0 Å². The third-order valence-electron chi connectivity index (χ3n) is 6.36. The molecule has 0 bridgehead atoms. The summed E-state index contributed by atoms with van der Waals surface area (Å²) in [6.45, 7) is 0. The van der Waals surface area contributed by atoms with Crippen LogP contribution >= 0.6 is 11.3 Å². The topological polar surface area (TPSA) is 38.7 Å². The quantitative estimate of drug-likeness (QED) is 0.246. The molecule has 0 atom stereocenters. The summed E-state index contributed by atoms with van der Waals surface area (Å²) in [5.41, 5.74) is 6.09. The number of aromatic nitrogens is 3. The van der Waals surface area contributed by atoms with Gasteiger partial charge >= 0.3 is 0 Å². The second-order valence-corrected chi connectivity index (χ2v) is 9.58. The summed E-state index contributed by atoms with van der Waals surface area (Å²) < 4.78 is 1.16. The lowest BCUT2D eigenvalue weighted by molar-refractivity contribution is 1.30. The number of pyridine rings is 2. The molecule has 3 heterocycles. The molecule has 4 heteroatoms. The second kappa shape index (κ2) is 8.12. The van der Waals surface area contributed by atoms with Crippen molar-refractivity contribution in [2.45, 2.75) is 0 Å². The maximum absolute atomic E-state index is 5.22. The van der Waals surface area contributed by atoms with Gasteiger partial charge in [-0.3, -0.25) is 4.98 Å². The summed E-state index contributed by atoms with van der Waals surface area (Å²) >= 11 is 1.68. The molecule has 7 aromatic rings. The minimum atomic E-state index is 0.875. The molecule has 0 amide bonds. The molecule has 3 nitrogen and oxygen atoms in total. The van der Waals surface area contributed by atoms with Crippen molar-refractivity contribution in [2.75, 3.05) is 0 Å². The number of benzene rings is 4. The first-order chi connectivity index (χ1) is 17.3. The Bertz CT molecular complexity index is 1770. The Morgan fingerprint density at radius 1 is 0.571 bits per heavy atom. The lowest BCUT2D eigenvalue weighted by atomic mass is 9.93. The zero-order valence-corrected chi connectivity index (χ0v) is 19.5. The molecule has 35 heavy (non-hydrogen) atoms. The Balaban J connectivity index is 1.56. The van der Waals surface area contributed by atoms with Crippen LogP contribution in [0.1, 0.15) is 0 Å². The molecule has 0 N–H and O–H groups in total. The molecule has 0 fully saturated rings. The summed E-state index contributed by atoms with van der Waals surface area (Å²) in [4.78, 5) is 14.5. The summed E-state index contributed by atoms with van der Waals surface area (Å²) in [5.74, 6) is 0. The highest BCUT2D eigenvalue weighted by atomic mass is 32.1. The van der Waals surface area contributed by atoms with Crippen molar-refractivity contribution in [1.29, 1.82) is 0 Å². The van der Waals surface area contributed by atoms with Crippen LogP contribution in [0.15, 0.2) is 116 Å². The number of para-hydroxylation sites is 1. The lowest BCUT2D eigenvalue weighted by Gasteiger charge is -2.14. The van der Waals surface area contributed by atoms with Crippen molar-refractivity contribution in [1.82, 2.24) is 15.0 Å². The van der Waals surface area contributed by atoms with Crippen molar-refractivity contribution < 1.29 is 0 Å². The first-order valence-electron chi connectivity index (χ1n) is 11.5. The fourth-order valence-electron chi connectivity index (χ4n) is 4.74. The van der Waals surface area contributed by atoms with Crippen LogP contribution < -0.4 is 0 Å². The molecule has 164 valence electrons. The maximum atomic E-state index is 5.22. The third-order valence-corrected chi connectivity index (χ3v) is 7.42. The second-order valence-electron chi connectivity index (χ2n) is 8.55. The van der Waals surface area contributed by atoms with Gasteiger partial charge in [0, 0.05) is 23.5 Å². The van der Waals surface area contributed by atoms with Gasteiger partial charge in [-0.05, 0) is 63.5 Å². The molecule has 4 aromatic carbocycles. The van der Waals surface area contributed by atoms with Gasteiger partial charge in [0.2, 0.25) is 0 Å². The Hall–Kier alpha value is -4.41. The first kappa shape index (κ1) is 20.0. The van der Waals surface area contributed by atoms with Crippen LogP contribution in [0.5, 0.6) is 0 Å². The van der Waals surface area contributed by atoms with Crippen molar-refractivity contribution in [3.8, 4) is 33.1 Å². The smallest absolute Gasteiger partial charge is 0.143 e. The summed E-state index contributed by atoms with van der Waals surface area (Å²) in [6.07, 6.45) is 3.71. The number of rotatable bonds is 3. The Kier molecular flexibility index (Phi) is 4.64. The van der Waals surface area contributed by atoms with Crippen LogP contribution in [0.2, 0.25) is 0 Å². The van der Waals surface area contributed by atoms with Gasteiger partial charge in [-0.15, -0.1) is 11.3 Å². The molecule has 0 aliphatic rings. The number of hydrogen-bond acceptors (Lipinski definition) is 4. The van der Waals surface area contributed by atoms with Crippen LogP contribution in [0.3, 0.4) is 0 Å². The van der Waals surface area contributed by atoms with E-state index in [4.69, 9.17) is 9.97 Å². The molecule has 0 aliphatic carbocycles. The summed E-state index contributed by atoms with van der Waals surface area (Å²) in [5, 5.41) is 5.71. The van der Waals surface area contributed by atoms with E-state index in [9.17, 15) is 0 Å². The van der Waals surface area contributed by atoms with Crippen molar-refractivity contribution in [2.24, 2.45) is 0 Å². The molecule has 0 spiro atoms. The molecule has 0 saturated heterocycles. The number of hydrogen-bond donors (Lipinski definition) is 0. The predicted molar refractivity (Wildman–Crippen MR) is 147 cm³/mol. The largest absolute Gasteiger partial charge is 0.264 e. The van der Waals surface area contributed by atoms with Crippen molar-refractivity contribution >= 4 is 43.1 Å². The summed E-state index contributed by atoms with van der Waals surface area (Å²) in [7, 11) is 0. The number of thiazole rings is 1. The molecule has 3 aromatic heterocycles. The molecular formula is C31H19N3S. The monoisotopic (exact) mass is 465 g/mol. The molecule has 0 unspecified atom stereocenters. The molecule has 0 saturated carbocycles. The summed E-state index contributed by atoms with van der Waals surface area (Å²) in [6, 6.07) is 36.0. The fraction of sp³-hybridized carbons (Fsp3) is 0. The van der Waals surface area contributed by atoms with E-state index in [2.05, 4.69) is 96.0 Å². The highest BCUT2D eigenvalue weighted by Gasteiger charge is 2.16. The zero-order valence-electron chi connectivity index (χ0n) is 18.7. The van der Waals surface area contributed by atoms with Gasteiger partial charge in [-0.2, -0.15) is 0 Å². The number of fused-ring (bicyclic) bond motifs is 3. The molecular weight excluding hydrogens is 446 g/mol. The minimum Gasteiger partial charge on any atom is -0.264 e. The van der Waals surface area contributed by atoms with Crippen molar-refractivity contribution in [3.05, 3.63) is 116 Å². The van der Waals surface area contributed by atoms with Crippen molar-refractivity contribution in [3.63, 3.8) is 0 Å². The van der Waals surface area contributed by atoms with E-state index >= 15 is 0 Å². The van der Waals surface area contributed by atoms with E-state index in [1.54, 1.807) is 17.5 Å². The maximum Gasteiger partial charge on any atom is 0.143 e. The molecule has 0 aliphatic heterocycles. The first-order valence-corrected chi connectivity index (χ1v) is 12.3. The fourth-order valence-corrected chi connectivity index (χ4v) is 5.67. The van der Waals surface area contributed by atoms with Crippen LogP contribution in [-0.2, 0) is 0 Å². The standard InChI is InChI=1S/C31H19N3S/c1-3-11-24-20(8-1)16-21-9-2-4-12-25(21)30(24)27-17-23(22-10-7-15-32-19-22)18-28(33-27)31-34-26-13-5-6-14-29(26)35-31/h1-19H. The van der Waals surface area contributed by atoms with E-state index in [0.717, 1.165) is 43.3 Å². The predicted octanol–water partition coefficient (Wildman–Crippen LogP) is 8.39. The van der Waals surface area contributed by atoms with E-state index in [1.807, 2.05) is 18.3 Å². The highest BCUT2D eigenvalue weighted by molar-refractivity contribution is 7.21. The van der Waals surface area contributed by atoms with E-state index in [0.29, 0.717) is 0 Å². The SMILES string of the molecule is c1cncc(-c2cc(-c3nc4ccccc4s3)nc(-c3c4ccccc4cc4ccccc34)c2)c1. The van der Waals surface area contributed by atoms with Crippen LogP contribution in [0.25, 0.3) is 64.8 Å². The van der Waals surface area contributed by atoms with E-state index in [1.165, 1.54) is 21.5 Å². The van der Waals surface area contributed by atoms with Crippen LogP contribution in [-0.4, -0.2) is 15.0 Å². The zero-order chi connectivity index (χ0) is 23.2. The molecule has 7 rings (SSSR count). The average molecular weight is 466 g/mol. The van der Waals surface area contributed by atoms with Gasteiger partial charge in [-0.1, -0.05) is 66.7 Å². The Labute approximate surface area is 206 Å². The van der Waals surface area contributed by atoms with Gasteiger partial charge in [-0.25, -0.2) is 9.97 Å². The third kappa shape index (κ3) is 3.47. The van der Waals surface area contributed by atoms with Gasteiger partial charge in [0.15, 0.2) is 0 Å². The highest BCUT2D eigenvalue weighted by Crippen LogP contribution is 2.39. The van der Waals surface area contributed by atoms with Crippen LogP contribution in [0, 0.1) is 0 Å². The van der Waals surface area contributed by atoms with Crippen LogP contribution in [0.4, 0.5) is 0 Å². The minimum absolute atomic E-state index is 0.875. The average Bonchev–Trinajstić information content (AvgIpc) is 3.36. The van der Waals surface area contributed by atoms with Gasteiger partial charge in [0.1, 0.15) is 10.7 Å².